The zero-order valence-corrected chi connectivity index (χ0v) is 25.2. The summed E-state index contributed by atoms with van der Waals surface area (Å²) >= 11 is 0. The van der Waals surface area contributed by atoms with E-state index >= 15 is 0 Å². The largest absolute Gasteiger partial charge is 0.352 e. The molecule has 0 radical (unpaired) electrons. The van der Waals surface area contributed by atoms with Gasteiger partial charge in [0.1, 0.15) is 12.6 Å². The molecule has 8 heteroatoms. The molecule has 2 amide bonds. The van der Waals surface area contributed by atoms with Crippen LogP contribution in [0.2, 0.25) is 0 Å². The minimum absolute atomic E-state index is 0.0469. The Labute approximate surface area is 239 Å². The van der Waals surface area contributed by atoms with Crippen LogP contribution >= 0.6 is 0 Å². The average molecular weight is 564 g/mol. The normalized spacial score (nSPS) is 12.8. The number of hydrogen-bond acceptors (Lipinski definition) is 4. The summed E-state index contributed by atoms with van der Waals surface area (Å²) in [6, 6.07) is 20.9. The Balaban J connectivity index is 2.01. The molecule has 1 N–H and O–H groups in total. The fourth-order valence-electron chi connectivity index (χ4n) is 4.39. The minimum atomic E-state index is -4.09. The number of anilines is 1. The van der Waals surface area contributed by atoms with Gasteiger partial charge in [-0.1, -0.05) is 67.1 Å². The van der Waals surface area contributed by atoms with E-state index in [0.29, 0.717) is 12.1 Å². The highest BCUT2D eigenvalue weighted by molar-refractivity contribution is 7.92. The monoisotopic (exact) mass is 563 g/mol. The van der Waals surface area contributed by atoms with Crippen molar-refractivity contribution in [2.24, 2.45) is 0 Å². The van der Waals surface area contributed by atoms with Crippen LogP contribution in [0.15, 0.2) is 77.7 Å². The quantitative estimate of drug-likeness (QED) is 0.329. The summed E-state index contributed by atoms with van der Waals surface area (Å²) in [5.41, 5.74) is 4.07. The number of sulfonamides is 1. The third-order valence-corrected chi connectivity index (χ3v) is 9.16. The molecule has 0 aliphatic heterocycles. The summed E-state index contributed by atoms with van der Waals surface area (Å²) < 4.78 is 29.2. The van der Waals surface area contributed by atoms with E-state index in [9.17, 15) is 18.0 Å². The molecule has 214 valence electrons. The minimum Gasteiger partial charge on any atom is -0.352 e. The maximum absolute atomic E-state index is 14.0. The SMILES string of the molecule is CC[C@H](C)NC(=O)[C@H](C)N(CCc1ccccc1)C(=O)CN(c1cccc(C)c1C)S(=O)(=O)c1ccc(C)cc1. The molecule has 2 atom stereocenters. The van der Waals surface area contributed by atoms with E-state index < -0.39 is 28.5 Å². The second-order valence-corrected chi connectivity index (χ2v) is 12.2. The van der Waals surface area contributed by atoms with Gasteiger partial charge in [-0.3, -0.25) is 13.9 Å². The summed E-state index contributed by atoms with van der Waals surface area (Å²) in [6.07, 6.45) is 1.29. The highest BCUT2D eigenvalue weighted by Crippen LogP contribution is 2.29. The Morgan fingerprint density at radius 2 is 1.52 bits per heavy atom. The average Bonchev–Trinajstić information content (AvgIpc) is 2.94. The third kappa shape index (κ3) is 7.50. The molecule has 0 aromatic heterocycles. The van der Waals surface area contributed by atoms with Crippen molar-refractivity contribution in [3.8, 4) is 0 Å². The van der Waals surface area contributed by atoms with Crippen LogP contribution in [0.25, 0.3) is 0 Å². The van der Waals surface area contributed by atoms with Gasteiger partial charge in [-0.15, -0.1) is 0 Å². The Morgan fingerprint density at radius 3 is 2.15 bits per heavy atom. The smallest absolute Gasteiger partial charge is 0.264 e. The molecule has 0 unspecified atom stereocenters. The molecule has 0 heterocycles. The van der Waals surface area contributed by atoms with E-state index in [1.807, 2.05) is 71.0 Å². The van der Waals surface area contributed by atoms with Crippen LogP contribution < -0.4 is 9.62 Å². The second-order valence-electron chi connectivity index (χ2n) is 10.4. The number of carbonyl (C=O) groups is 2. The van der Waals surface area contributed by atoms with Gasteiger partial charge in [0.05, 0.1) is 10.6 Å². The van der Waals surface area contributed by atoms with Gasteiger partial charge >= 0.3 is 0 Å². The maximum atomic E-state index is 14.0. The molecule has 3 aromatic rings. The van der Waals surface area contributed by atoms with Crippen LogP contribution in [0.4, 0.5) is 5.69 Å². The Kier molecular flexibility index (Phi) is 10.5. The van der Waals surface area contributed by atoms with Crippen molar-refractivity contribution < 1.29 is 18.0 Å². The van der Waals surface area contributed by atoms with Crippen LogP contribution in [0, 0.1) is 20.8 Å². The maximum Gasteiger partial charge on any atom is 0.264 e. The zero-order valence-electron chi connectivity index (χ0n) is 24.3. The van der Waals surface area contributed by atoms with Gasteiger partial charge in [0.15, 0.2) is 0 Å². The summed E-state index contributed by atoms with van der Waals surface area (Å²) in [4.78, 5) is 28.8. The summed E-state index contributed by atoms with van der Waals surface area (Å²) in [5, 5.41) is 2.96. The number of aryl methyl sites for hydroxylation is 2. The van der Waals surface area contributed by atoms with Crippen LogP contribution in [0.3, 0.4) is 0 Å². The number of carbonyl (C=O) groups excluding carboxylic acids is 2. The summed E-state index contributed by atoms with van der Waals surface area (Å²) in [6.45, 7) is 11.1. The van der Waals surface area contributed by atoms with Gasteiger partial charge in [-0.05, 0) is 82.3 Å². The fourth-order valence-corrected chi connectivity index (χ4v) is 5.86. The number of benzene rings is 3. The lowest BCUT2D eigenvalue weighted by atomic mass is 10.1. The van der Waals surface area contributed by atoms with Crippen molar-refractivity contribution >= 4 is 27.5 Å². The molecule has 0 aliphatic carbocycles. The molecule has 3 rings (SSSR count). The van der Waals surface area contributed by atoms with E-state index in [2.05, 4.69) is 5.32 Å². The van der Waals surface area contributed by atoms with E-state index in [4.69, 9.17) is 0 Å². The van der Waals surface area contributed by atoms with Gasteiger partial charge in [-0.25, -0.2) is 8.42 Å². The number of nitrogens with one attached hydrogen (secondary N) is 1. The Bertz CT molecular complexity index is 1410. The lowest BCUT2D eigenvalue weighted by Crippen LogP contribution is -2.53. The molecule has 40 heavy (non-hydrogen) atoms. The lowest BCUT2D eigenvalue weighted by Gasteiger charge is -2.33. The highest BCUT2D eigenvalue weighted by atomic mass is 32.2. The van der Waals surface area contributed by atoms with Gasteiger partial charge in [0.25, 0.3) is 10.0 Å². The molecule has 7 nitrogen and oxygen atoms in total. The molecule has 0 saturated carbocycles. The first kappa shape index (κ1) is 30.9. The molecular formula is C32H41N3O4S. The van der Waals surface area contributed by atoms with Crippen molar-refractivity contribution in [3.05, 3.63) is 95.1 Å². The van der Waals surface area contributed by atoms with Crippen molar-refractivity contribution in [3.63, 3.8) is 0 Å². The predicted molar refractivity (Wildman–Crippen MR) is 161 cm³/mol. The molecular weight excluding hydrogens is 522 g/mol. The van der Waals surface area contributed by atoms with Gasteiger partial charge in [0.2, 0.25) is 11.8 Å². The number of hydrogen-bond donors (Lipinski definition) is 1. The number of amides is 2. The Morgan fingerprint density at radius 1 is 0.875 bits per heavy atom. The van der Waals surface area contributed by atoms with Crippen LogP contribution in [-0.4, -0.2) is 50.3 Å². The van der Waals surface area contributed by atoms with Crippen LogP contribution in [-0.2, 0) is 26.0 Å². The van der Waals surface area contributed by atoms with Gasteiger partial charge in [0, 0.05) is 12.6 Å². The Hall–Kier alpha value is -3.65. The van der Waals surface area contributed by atoms with Crippen molar-refractivity contribution in [1.82, 2.24) is 10.2 Å². The molecule has 0 spiro atoms. The van der Waals surface area contributed by atoms with Gasteiger partial charge < -0.3 is 10.2 Å². The van der Waals surface area contributed by atoms with Crippen molar-refractivity contribution in [2.45, 2.75) is 71.4 Å². The molecule has 3 aromatic carbocycles. The van der Waals surface area contributed by atoms with Crippen molar-refractivity contribution in [1.29, 1.82) is 0 Å². The topological polar surface area (TPSA) is 86.8 Å². The first-order valence-corrected chi connectivity index (χ1v) is 15.2. The zero-order chi connectivity index (χ0) is 29.4. The highest BCUT2D eigenvalue weighted by Gasteiger charge is 2.33. The summed E-state index contributed by atoms with van der Waals surface area (Å²) in [7, 11) is -4.09. The first-order valence-electron chi connectivity index (χ1n) is 13.7. The molecule has 0 aliphatic rings. The molecule has 0 saturated heterocycles. The van der Waals surface area contributed by atoms with Crippen LogP contribution in [0.1, 0.15) is 49.4 Å². The second kappa shape index (κ2) is 13.6. The van der Waals surface area contributed by atoms with E-state index in [0.717, 1.165) is 28.7 Å². The fraction of sp³-hybridized carbons (Fsp3) is 0.375. The summed E-state index contributed by atoms with van der Waals surface area (Å²) in [5.74, 6) is -0.713. The number of nitrogens with zero attached hydrogens (tertiary/aromatic N) is 2. The standard InChI is InChI=1S/C32H41N3O4S/c1-7-25(4)33-32(37)27(6)34(21-20-28-13-9-8-10-14-28)31(36)22-35(30-15-11-12-24(3)26(30)5)40(38,39)29-18-16-23(2)17-19-29/h8-19,25,27H,7,20-22H2,1-6H3,(H,33,37)/t25-,27-/m0/s1. The predicted octanol–water partition coefficient (Wildman–Crippen LogP) is 5.18. The molecule has 0 fully saturated rings. The van der Waals surface area contributed by atoms with E-state index in [-0.39, 0.29) is 23.4 Å². The van der Waals surface area contributed by atoms with Crippen molar-refractivity contribution in [2.75, 3.05) is 17.4 Å². The lowest BCUT2D eigenvalue weighted by molar-refractivity contribution is -0.139. The molecule has 0 bridgehead atoms. The van der Waals surface area contributed by atoms with Gasteiger partial charge in [-0.2, -0.15) is 0 Å². The van der Waals surface area contributed by atoms with E-state index in [1.54, 1.807) is 43.3 Å². The van der Waals surface area contributed by atoms with Crippen LogP contribution in [0.5, 0.6) is 0 Å². The number of rotatable bonds is 12. The van der Waals surface area contributed by atoms with E-state index in [1.165, 1.54) is 9.21 Å². The first-order chi connectivity index (χ1) is 18.9. The third-order valence-electron chi connectivity index (χ3n) is 7.39.